The van der Waals surface area contributed by atoms with Crippen LogP contribution in [0.2, 0.25) is 0 Å². The second-order valence-electron chi connectivity index (χ2n) is 14.0. The number of carbonyl (C=O) groups is 1. The highest BCUT2D eigenvalue weighted by Crippen LogP contribution is 2.51. The Morgan fingerprint density at radius 1 is 0.762 bits per heavy atom. The molecule has 0 aromatic heterocycles. The van der Waals surface area contributed by atoms with Crippen molar-refractivity contribution in [3.63, 3.8) is 0 Å². The molecule has 0 saturated heterocycles. The molecule has 2 aliphatic carbocycles. The summed E-state index contributed by atoms with van der Waals surface area (Å²) in [6, 6.07) is 0. The Morgan fingerprint density at radius 3 is 1.95 bits per heavy atom. The number of allylic oxidation sites excluding steroid dienone is 17. The van der Waals surface area contributed by atoms with Crippen molar-refractivity contribution in [2.24, 2.45) is 10.8 Å². The van der Waals surface area contributed by atoms with Gasteiger partial charge < -0.3 is 4.74 Å². The minimum atomic E-state index is -0.106. The molecule has 0 N–H and O–H groups in total. The third kappa shape index (κ3) is 8.77. The first-order chi connectivity index (χ1) is 19.6. The molecular weight excluding hydrogens is 512 g/mol. The first-order valence-corrected chi connectivity index (χ1v) is 15.7. The third-order valence-corrected chi connectivity index (χ3v) is 9.22. The van der Waals surface area contributed by atoms with Crippen LogP contribution < -0.4 is 0 Å². The molecule has 0 bridgehead atoms. The van der Waals surface area contributed by atoms with Crippen molar-refractivity contribution in [2.75, 3.05) is 0 Å². The number of carbonyl (C=O) groups excluding carboxylic acids is 1. The zero-order chi connectivity index (χ0) is 31.1. The first kappa shape index (κ1) is 33.5. The maximum Gasteiger partial charge on any atom is 0.158 e. The predicted molar refractivity (Wildman–Crippen MR) is 181 cm³/mol. The topological polar surface area (TPSA) is 26.3 Å². The van der Waals surface area contributed by atoms with Crippen molar-refractivity contribution < 1.29 is 9.53 Å². The lowest BCUT2D eigenvalue weighted by molar-refractivity contribution is -0.116. The molecule has 226 valence electrons. The number of ketones is 1. The van der Waals surface area contributed by atoms with Gasteiger partial charge >= 0.3 is 0 Å². The van der Waals surface area contributed by atoms with E-state index in [-0.39, 0.29) is 28.3 Å². The highest BCUT2D eigenvalue weighted by molar-refractivity contribution is 5.97. The molecule has 1 aliphatic heterocycles. The van der Waals surface area contributed by atoms with E-state index in [4.69, 9.17) is 4.74 Å². The summed E-state index contributed by atoms with van der Waals surface area (Å²) < 4.78 is 6.55. The Balaban J connectivity index is 1.52. The van der Waals surface area contributed by atoms with Crippen LogP contribution >= 0.6 is 0 Å². The van der Waals surface area contributed by atoms with Crippen LogP contribution in [0, 0.1) is 10.8 Å². The molecule has 2 unspecified atom stereocenters. The van der Waals surface area contributed by atoms with Gasteiger partial charge in [0.15, 0.2) is 5.78 Å². The summed E-state index contributed by atoms with van der Waals surface area (Å²) in [6.07, 6.45) is 33.0. The van der Waals surface area contributed by atoms with Gasteiger partial charge in [-0.3, -0.25) is 4.79 Å². The number of Topliss-reactive ketones (excluding diaryl/α,β-unsaturated/α-hetero) is 1. The quantitative estimate of drug-likeness (QED) is 0.205. The van der Waals surface area contributed by atoms with Crippen molar-refractivity contribution >= 4 is 5.78 Å². The molecule has 3 aliphatic rings. The Hall–Kier alpha value is -2.97. The number of rotatable bonds is 9. The van der Waals surface area contributed by atoms with Crippen LogP contribution in [0.25, 0.3) is 0 Å². The Labute approximate surface area is 256 Å². The van der Waals surface area contributed by atoms with E-state index in [1.165, 1.54) is 35.1 Å². The summed E-state index contributed by atoms with van der Waals surface area (Å²) in [7, 11) is 0. The van der Waals surface area contributed by atoms with Gasteiger partial charge in [0.1, 0.15) is 0 Å². The lowest BCUT2D eigenvalue weighted by Crippen LogP contribution is -2.39. The average molecular weight is 567 g/mol. The van der Waals surface area contributed by atoms with Gasteiger partial charge in [-0.05, 0) is 106 Å². The standard InChI is InChI=1S/C40H54O2/c1-29(18-13-19-31(3)22-23-34-33(5)35(41)24-27-38(34,6)7)16-11-12-17-30(2)20-14-21-32(4)36-28-37-39(8,9)25-15-26-40(37,10)42-36/h11-14,16-23,28,36H,15,24-27H2,1-10H3/b12-11+,18-13+,20-14+,23-22+,29-16+,30-17+,31-19+,32-21+. The second-order valence-corrected chi connectivity index (χ2v) is 14.0. The fourth-order valence-corrected chi connectivity index (χ4v) is 6.42. The molecule has 42 heavy (non-hydrogen) atoms. The molecule has 0 radical (unpaired) electrons. The Kier molecular flexibility index (Phi) is 11.2. The largest absolute Gasteiger partial charge is 0.359 e. The molecule has 1 saturated carbocycles. The van der Waals surface area contributed by atoms with Gasteiger partial charge in [-0.2, -0.15) is 0 Å². The summed E-state index contributed by atoms with van der Waals surface area (Å²) in [6.45, 7) is 21.9. The third-order valence-electron chi connectivity index (χ3n) is 9.22. The minimum absolute atomic E-state index is 0.0476. The molecule has 1 fully saturated rings. The van der Waals surface area contributed by atoms with Crippen LogP contribution in [0.5, 0.6) is 0 Å². The van der Waals surface area contributed by atoms with E-state index in [0.29, 0.717) is 6.42 Å². The summed E-state index contributed by atoms with van der Waals surface area (Å²) >= 11 is 0. The van der Waals surface area contributed by atoms with Crippen LogP contribution in [0.4, 0.5) is 0 Å². The first-order valence-electron chi connectivity index (χ1n) is 15.7. The highest BCUT2D eigenvalue weighted by Gasteiger charge is 2.47. The van der Waals surface area contributed by atoms with Crippen molar-refractivity contribution in [1.29, 1.82) is 0 Å². The molecule has 1 heterocycles. The number of ether oxygens (including phenoxy) is 1. The van der Waals surface area contributed by atoms with Gasteiger partial charge in [0.2, 0.25) is 0 Å². The van der Waals surface area contributed by atoms with Crippen LogP contribution in [-0.4, -0.2) is 17.5 Å². The molecule has 2 atom stereocenters. The van der Waals surface area contributed by atoms with Crippen molar-refractivity contribution in [2.45, 2.75) is 113 Å². The van der Waals surface area contributed by atoms with Gasteiger partial charge in [0.05, 0.1) is 11.7 Å². The van der Waals surface area contributed by atoms with E-state index in [1.54, 1.807) is 0 Å². The van der Waals surface area contributed by atoms with Crippen LogP contribution in [0.15, 0.2) is 118 Å². The zero-order valence-corrected chi connectivity index (χ0v) is 27.9. The Morgan fingerprint density at radius 2 is 1.33 bits per heavy atom. The van der Waals surface area contributed by atoms with Crippen LogP contribution in [-0.2, 0) is 9.53 Å². The number of hydrogen-bond donors (Lipinski definition) is 0. The normalized spacial score (nSPS) is 27.7. The monoisotopic (exact) mass is 566 g/mol. The number of hydrogen-bond acceptors (Lipinski definition) is 2. The summed E-state index contributed by atoms with van der Waals surface area (Å²) in [5, 5.41) is 0. The Bertz CT molecular complexity index is 1340. The van der Waals surface area contributed by atoms with Crippen LogP contribution in [0.3, 0.4) is 0 Å². The van der Waals surface area contributed by atoms with Crippen LogP contribution in [0.1, 0.15) is 101 Å². The van der Waals surface area contributed by atoms with Crippen molar-refractivity contribution in [3.8, 4) is 0 Å². The summed E-state index contributed by atoms with van der Waals surface area (Å²) in [5.74, 6) is 0.278. The summed E-state index contributed by atoms with van der Waals surface area (Å²) in [5.41, 5.74) is 8.51. The van der Waals surface area contributed by atoms with Gasteiger partial charge in [0.25, 0.3) is 0 Å². The van der Waals surface area contributed by atoms with E-state index in [2.05, 4.69) is 141 Å². The highest BCUT2D eigenvalue weighted by atomic mass is 16.5. The van der Waals surface area contributed by atoms with Gasteiger partial charge in [0, 0.05) is 6.42 Å². The van der Waals surface area contributed by atoms with Gasteiger partial charge in [-0.25, -0.2) is 0 Å². The second kappa shape index (κ2) is 14.0. The molecule has 3 rings (SSSR count). The van der Waals surface area contributed by atoms with E-state index in [9.17, 15) is 4.79 Å². The zero-order valence-electron chi connectivity index (χ0n) is 27.9. The molecular formula is C40H54O2. The molecule has 0 spiro atoms. The molecule has 0 amide bonds. The van der Waals surface area contributed by atoms with Crippen molar-refractivity contribution in [3.05, 3.63) is 118 Å². The lowest BCUT2D eigenvalue weighted by atomic mass is 9.67. The average Bonchev–Trinajstić information content (AvgIpc) is 3.28. The van der Waals surface area contributed by atoms with E-state index in [0.717, 1.165) is 29.6 Å². The maximum atomic E-state index is 12.2. The SMILES string of the molecule is CC1=C(/C=C/C(C)=C/C=C/C(C)=C/C=C/C=C(C)/C=C/C=C(\C)C2C=C3C(C)(C)CCCC3(C)O2)C(C)(C)CCC1=O. The molecule has 0 aromatic carbocycles. The fourth-order valence-electron chi connectivity index (χ4n) is 6.42. The van der Waals surface area contributed by atoms with Crippen molar-refractivity contribution in [1.82, 2.24) is 0 Å². The maximum absolute atomic E-state index is 12.2. The van der Waals surface area contributed by atoms with E-state index < -0.39 is 0 Å². The minimum Gasteiger partial charge on any atom is -0.359 e. The molecule has 0 aromatic rings. The number of fused-ring (bicyclic) bond motifs is 1. The smallest absolute Gasteiger partial charge is 0.158 e. The van der Waals surface area contributed by atoms with E-state index in [1.807, 2.05) is 6.92 Å². The fraction of sp³-hybridized carbons (Fsp3) is 0.475. The van der Waals surface area contributed by atoms with Gasteiger partial charge in [-0.15, -0.1) is 0 Å². The molecule has 2 heteroatoms. The molecule has 2 nitrogen and oxygen atoms in total. The van der Waals surface area contributed by atoms with Gasteiger partial charge in [-0.1, -0.05) is 117 Å². The lowest BCUT2D eigenvalue weighted by Gasteiger charge is -2.42. The summed E-state index contributed by atoms with van der Waals surface area (Å²) in [4.78, 5) is 12.2. The van der Waals surface area contributed by atoms with E-state index >= 15 is 0 Å². The predicted octanol–water partition coefficient (Wildman–Crippen LogP) is 11.0.